The quantitative estimate of drug-likeness (QED) is 0.557. The molecule has 0 bridgehead atoms. The maximum Gasteiger partial charge on any atom is 0.119 e. The fraction of sp³-hybridized carbons (Fsp3) is 0.538. The van der Waals surface area contributed by atoms with Gasteiger partial charge in [0.25, 0.3) is 0 Å². The first-order valence-corrected chi connectivity index (χ1v) is 5.81. The highest BCUT2D eigenvalue weighted by atomic mass is 16.7. The molecule has 0 aliphatic heterocycles. The minimum absolute atomic E-state index is 0.205. The molecule has 4 nitrogen and oxygen atoms in total. The highest BCUT2D eigenvalue weighted by Gasteiger charge is 1.98. The predicted octanol–water partition coefficient (Wildman–Crippen LogP) is 2.14. The molecule has 4 heteroatoms. The second kappa shape index (κ2) is 8.06. The van der Waals surface area contributed by atoms with Gasteiger partial charge in [-0.2, -0.15) is 5.48 Å². The minimum Gasteiger partial charge on any atom is -0.491 e. The zero-order chi connectivity index (χ0) is 12.5. The normalized spacial score (nSPS) is 10.8. The van der Waals surface area contributed by atoms with Crippen molar-refractivity contribution in [1.29, 1.82) is 0 Å². The first-order chi connectivity index (χ1) is 8.22. The van der Waals surface area contributed by atoms with E-state index in [4.69, 9.17) is 14.3 Å². The molecule has 0 atom stereocenters. The van der Waals surface area contributed by atoms with E-state index in [-0.39, 0.29) is 6.10 Å². The molecule has 0 aliphatic rings. The monoisotopic (exact) mass is 239 g/mol. The van der Waals surface area contributed by atoms with Gasteiger partial charge in [0.15, 0.2) is 0 Å². The van der Waals surface area contributed by atoms with Crippen molar-refractivity contribution in [2.45, 2.75) is 26.5 Å². The number of hydroxylamine groups is 1. The van der Waals surface area contributed by atoms with Crippen LogP contribution in [0.3, 0.4) is 0 Å². The van der Waals surface area contributed by atoms with E-state index in [1.165, 1.54) is 0 Å². The maximum absolute atomic E-state index is 5.56. The summed E-state index contributed by atoms with van der Waals surface area (Å²) in [4.78, 5) is 5.17. The summed E-state index contributed by atoms with van der Waals surface area (Å²) < 4.78 is 10.4. The summed E-state index contributed by atoms with van der Waals surface area (Å²) in [5, 5.41) is 0. The van der Waals surface area contributed by atoms with Crippen LogP contribution in [0.4, 0.5) is 0 Å². The van der Waals surface area contributed by atoms with Gasteiger partial charge in [-0.1, -0.05) is 12.1 Å². The van der Waals surface area contributed by atoms with Crippen LogP contribution in [-0.2, 0) is 16.1 Å². The van der Waals surface area contributed by atoms with Gasteiger partial charge in [0, 0.05) is 13.7 Å². The Hall–Kier alpha value is -1.10. The summed E-state index contributed by atoms with van der Waals surface area (Å²) in [6.45, 7) is 5.84. The summed E-state index contributed by atoms with van der Waals surface area (Å²) in [7, 11) is 1.65. The summed E-state index contributed by atoms with van der Waals surface area (Å²) in [6.07, 6.45) is 0.205. The molecule has 1 aromatic carbocycles. The maximum atomic E-state index is 5.56. The average Bonchev–Trinajstić information content (AvgIpc) is 2.30. The number of hydrogen-bond donors (Lipinski definition) is 1. The zero-order valence-corrected chi connectivity index (χ0v) is 10.7. The van der Waals surface area contributed by atoms with E-state index in [0.29, 0.717) is 19.8 Å². The molecule has 0 unspecified atom stereocenters. The third kappa shape index (κ3) is 6.26. The Bertz CT molecular complexity index is 298. The Kier molecular flexibility index (Phi) is 6.62. The van der Waals surface area contributed by atoms with Gasteiger partial charge in [-0.05, 0) is 31.5 Å². The summed E-state index contributed by atoms with van der Waals surface area (Å²) in [6, 6.07) is 7.97. The predicted molar refractivity (Wildman–Crippen MR) is 66.9 cm³/mol. The van der Waals surface area contributed by atoms with E-state index in [9.17, 15) is 0 Å². The second-order valence-corrected chi connectivity index (χ2v) is 3.97. The van der Waals surface area contributed by atoms with Gasteiger partial charge in [-0.3, -0.25) is 4.84 Å². The molecule has 0 heterocycles. The molecule has 0 saturated heterocycles. The van der Waals surface area contributed by atoms with Crippen molar-refractivity contribution >= 4 is 0 Å². The van der Waals surface area contributed by atoms with E-state index in [2.05, 4.69) is 5.48 Å². The van der Waals surface area contributed by atoms with Gasteiger partial charge >= 0.3 is 0 Å². The molecule has 96 valence electrons. The molecular weight excluding hydrogens is 218 g/mol. The third-order valence-electron chi connectivity index (χ3n) is 2.06. The molecule has 0 amide bonds. The largest absolute Gasteiger partial charge is 0.491 e. The van der Waals surface area contributed by atoms with Crippen LogP contribution in [0.25, 0.3) is 0 Å². The lowest BCUT2D eigenvalue weighted by molar-refractivity contribution is 0.00346. The lowest BCUT2D eigenvalue weighted by atomic mass is 10.2. The fourth-order valence-corrected chi connectivity index (χ4v) is 1.29. The van der Waals surface area contributed by atoms with Crippen molar-refractivity contribution in [2.24, 2.45) is 0 Å². The Morgan fingerprint density at radius 1 is 1.12 bits per heavy atom. The number of methoxy groups -OCH3 is 1. The zero-order valence-electron chi connectivity index (χ0n) is 10.7. The Labute approximate surface area is 103 Å². The van der Waals surface area contributed by atoms with Crippen LogP contribution >= 0.6 is 0 Å². The number of benzene rings is 1. The standard InChI is InChI=1S/C13H21NO3/c1-11(2)17-13-6-4-12(5-7-13)10-14-16-9-8-15-3/h4-7,11,14H,8-10H2,1-3H3. The molecule has 1 aromatic rings. The highest BCUT2D eigenvalue weighted by molar-refractivity contribution is 5.27. The molecule has 1 rings (SSSR count). The molecular formula is C13H21NO3. The van der Waals surface area contributed by atoms with E-state index in [1.54, 1.807) is 7.11 Å². The first-order valence-electron chi connectivity index (χ1n) is 5.81. The topological polar surface area (TPSA) is 39.7 Å². The summed E-state index contributed by atoms with van der Waals surface area (Å²) in [5.41, 5.74) is 4.03. The van der Waals surface area contributed by atoms with E-state index in [1.807, 2.05) is 38.1 Å². The Morgan fingerprint density at radius 2 is 1.82 bits per heavy atom. The number of rotatable bonds is 8. The molecule has 0 saturated carbocycles. The van der Waals surface area contributed by atoms with E-state index >= 15 is 0 Å². The van der Waals surface area contributed by atoms with Crippen LogP contribution in [0.15, 0.2) is 24.3 Å². The van der Waals surface area contributed by atoms with Crippen molar-refractivity contribution in [1.82, 2.24) is 5.48 Å². The SMILES string of the molecule is COCCONCc1ccc(OC(C)C)cc1. The van der Waals surface area contributed by atoms with Crippen molar-refractivity contribution in [3.05, 3.63) is 29.8 Å². The lowest BCUT2D eigenvalue weighted by Gasteiger charge is -2.10. The van der Waals surface area contributed by atoms with Crippen LogP contribution in [0, 0.1) is 0 Å². The van der Waals surface area contributed by atoms with Crippen molar-refractivity contribution in [3.8, 4) is 5.75 Å². The van der Waals surface area contributed by atoms with Gasteiger partial charge in [-0.15, -0.1) is 0 Å². The van der Waals surface area contributed by atoms with E-state index < -0.39 is 0 Å². The van der Waals surface area contributed by atoms with Crippen LogP contribution in [-0.4, -0.2) is 26.4 Å². The minimum atomic E-state index is 0.205. The van der Waals surface area contributed by atoms with Crippen LogP contribution in [0.5, 0.6) is 5.75 Å². The van der Waals surface area contributed by atoms with Gasteiger partial charge < -0.3 is 9.47 Å². The average molecular weight is 239 g/mol. The van der Waals surface area contributed by atoms with Gasteiger partial charge in [0.05, 0.1) is 19.3 Å². The van der Waals surface area contributed by atoms with Crippen LogP contribution in [0.1, 0.15) is 19.4 Å². The van der Waals surface area contributed by atoms with Crippen molar-refractivity contribution in [2.75, 3.05) is 20.3 Å². The summed E-state index contributed by atoms with van der Waals surface area (Å²) in [5.74, 6) is 0.893. The van der Waals surface area contributed by atoms with Crippen LogP contribution in [0.2, 0.25) is 0 Å². The highest BCUT2D eigenvalue weighted by Crippen LogP contribution is 2.13. The van der Waals surface area contributed by atoms with Gasteiger partial charge in [0.2, 0.25) is 0 Å². The first kappa shape index (κ1) is 14.0. The molecule has 1 N–H and O–H groups in total. The second-order valence-electron chi connectivity index (χ2n) is 3.97. The molecule has 17 heavy (non-hydrogen) atoms. The molecule has 0 fully saturated rings. The van der Waals surface area contributed by atoms with Gasteiger partial charge in [-0.25, -0.2) is 0 Å². The lowest BCUT2D eigenvalue weighted by Crippen LogP contribution is -2.17. The number of ether oxygens (including phenoxy) is 2. The van der Waals surface area contributed by atoms with E-state index in [0.717, 1.165) is 11.3 Å². The number of nitrogens with one attached hydrogen (secondary N) is 1. The number of hydrogen-bond acceptors (Lipinski definition) is 4. The summed E-state index contributed by atoms with van der Waals surface area (Å²) >= 11 is 0. The smallest absolute Gasteiger partial charge is 0.119 e. The molecule has 0 aromatic heterocycles. The fourth-order valence-electron chi connectivity index (χ4n) is 1.29. The molecule has 0 aliphatic carbocycles. The Balaban J connectivity index is 2.25. The third-order valence-corrected chi connectivity index (χ3v) is 2.06. The molecule has 0 spiro atoms. The van der Waals surface area contributed by atoms with Crippen molar-refractivity contribution in [3.63, 3.8) is 0 Å². The Morgan fingerprint density at radius 3 is 2.41 bits per heavy atom. The van der Waals surface area contributed by atoms with Crippen molar-refractivity contribution < 1.29 is 14.3 Å². The molecule has 0 radical (unpaired) electrons. The van der Waals surface area contributed by atoms with Gasteiger partial charge in [0.1, 0.15) is 5.75 Å². The van der Waals surface area contributed by atoms with Crippen LogP contribution < -0.4 is 10.2 Å².